The maximum absolute atomic E-state index is 13.1. The second kappa shape index (κ2) is 4.54. The second-order valence-corrected chi connectivity index (χ2v) is 3.29. The number of benzene rings is 1. The van der Waals surface area contributed by atoms with E-state index >= 15 is 0 Å². The first-order valence-corrected chi connectivity index (χ1v) is 4.46. The van der Waals surface area contributed by atoms with Crippen LogP contribution in [0, 0.1) is 0 Å². The van der Waals surface area contributed by atoms with Gasteiger partial charge in [0.15, 0.2) is 0 Å². The van der Waals surface area contributed by atoms with Gasteiger partial charge < -0.3 is 15.9 Å². The molecule has 0 aliphatic heterocycles. The van der Waals surface area contributed by atoms with Crippen LogP contribution in [0.4, 0.5) is 8.78 Å². The third kappa shape index (κ3) is 2.34. The molecule has 16 heavy (non-hydrogen) atoms. The number of carboxylic acid groups (broad SMARTS) is 1. The van der Waals surface area contributed by atoms with Crippen molar-refractivity contribution in [1.29, 1.82) is 0 Å². The molecule has 88 valence electrons. The van der Waals surface area contributed by atoms with Gasteiger partial charge in [0.2, 0.25) is 0 Å². The van der Waals surface area contributed by atoms with Crippen molar-refractivity contribution in [2.45, 2.75) is 12.0 Å². The van der Waals surface area contributed by atoms with E-state index in [9.17, 15) is 13.6 Å². The molecule has 1 aromatic rings. The molecular weight excluding hydrogens is 220 g/mol. The lowest BCUT2D eigenvalue weighted by molar-refractivity contribution is -0.0713. The van der Waals surface area contributed by atoms with E-state index in [0.717, 1.165) is 0 Å². The van der Waals surface area contributed by atoms with Crippen LogP contribution in [0.25, 0.3) is 0 Å². The highest BCUT2D eigenvalue weighted by atomic mass is 19.3. The van der Waals surface area contributed by atoms with E-state index in [2.05, 4.69) is 0 Å². The van der Waals surface area contributed by atoms with Gasteiger partial charge in [0.1, 0.15) is 6.61 Å². The summed E-state index contributed by atoms with van der Waals surface area (Å²) in [6.07, 6.45) is 0. The molecule has 0 aliphatic carbocycles. The third-order valence-corrected chi connectivity index (χ3v) is 2.19. The van der Waals surface area contributed by atoms with E-state index in [0.29, 0.717) is 0 Å². The van der Waals surface area contributed by atoms with E-state index in [4.69, 9.17) is 15.9 Å². The van der Waals surface area contributed by atoms with Gasteiger partial charge in [-0.15, -0.1) is 0 Å². The second-order valence-electron chi connectivity index (χ2n) is 3.29. The first kappa shape index (κ1) is 12.5. The molecule has 0 spiro atoms. The van der Waals surface area contributed by atoms with Crippen molar-refractivity contribution < 1.29 is 23.8 Å². The number of hydrogen-bond acceptors (Lipinski definition) is 3. The molecule has 0 aromatic heterocycles. The van der Waals surface area contributed by atoms with Crippen molar-refractivity contribution in [3.05, 3.63) is 35.4 Å². The Hall–Kier alpha value is -1.53. The summed E-state index contributed by atoms with van der Waals surface area (Å²) < 4.78 is 26.2. The molecule has 0 saturated carbocycles. The monoisotopic (exact) mass is 231 g/mol. The lowest BCUT2D eigenvalue weighted by Crippen LogP contribution is -2.37. The topological polar surface area (TPSA) is 83.6 Å². The first-order valence-electron chi connectivity index (χ1n) is 4.46. The van der Waals surface area contributed by atoms with Gasteiger partial charge in [-0.3, -0.25) is 0 Å². The molecule has 0 saturated heterocycles. The van der Waals surface area contributed by atoms with Crippen LogP contribution < -0.4 is 5.73 Å². The van der Waals surface area contributed by atoms with Crippen LogP contribution in [0.5, 0.6) is 0 Å². The molecular formula is C10H11F2NO3. The van der Waals surface area contributed by atoms with Crippen LogP contribution in [-0.2, 0) is 0 Å². The number of aliphatic hydroxyl groups is 1. The first-order chi connectivity index (χ1) is 7.40. The highest BCUT2D eigenvalue weighted by Gasteiger charge is 2.38. The van der Waals surface area contributed by atoms with Gasteiger partial charge in [-0.1, -0.05) is 18.2 Å². The van der Waals surface area contributed by atoms with E-state index in [1.807, 2.05) is 0 Å². The van der Waals surface area contributed by atoms with Crippen LogP contribution in [0.15, 0.2) is 24.3 Å². The summed E-state index contributed by atoms with van der Waals surface area (Å²) in [7, 11) is 0. The maximum Gasteiger partial charge on any atom is 0.336 e. The summed E-state index contributed by atoms with van der Waals surface area (Å²) in [6.45, 7) is -1.43. The van der Waals surface area contributed by atoms with Crippen molar-refractivity contribution in [3.8, 4) is 0 Å². The Balaban J connectivity index is 3.18. The lowest BCUT2D eigenvalue weighted by Gasteiger charge is -2.22. The Morgan fingerprint density at radius 3 is 2.50 bits per heavy atom. The van der Waals surface area contributed by atoms with Gasteiger partial charge in [-0.2, -0.15) is 0 Å². The van der Waals surface area contributed by atoms with Crippen molar-refractivity contribution >= 4 is 5.97 Å². The summed E-state index contributed by atoms with van der Waals surface area (Å²) in [6, 6.07) is 3.37. The minimum absolute atomic E-state index is 0.200. The fourth-order valence-electron chi connectivity index (χ4n) is 1.29. The summed E-state index contributed by atoms with van der Waals surface area (Å²) >= 11 is 0. The zero-order chi connectivity index (χ0) is 12.3. The lowest BCUT2D eigenvalue weighted by atomic mass is 9.96. The predicted molar refractivity (Wildman–Crippen MR) is 52.4 cm³/mol. The van der Waals surface area contributed by atoms with Crippen LogP contribution in [-0.4, -0.2) is 28.7 Å². The highest BCUT2D eigenvalue weighted by Crippen LogP contribution is 2.30. The molecule has 1 aromatic carbocycles. The Bertz CT molecular complexity index is 395. The largest absolute Gasteiger partial charge is 0.478 e. The Kier molecular flexibility index (Phi) is 3.56. The molecule has 0 fully saturated rings. The number of nitrogens with two attached hydrogens (primary N) is 1. The Morgan fingerprint density at radius 2 is 2.00 bits per heavy atom. The van der Waals surface area contributed by atoms with Gasteiger partial charge in [0.25, 0.3) is 5.92 Å². The molecule has 0 radical (unpaired) electrons. The van der Waals surface area contributed by atoms with E-state index < -0.39 is 24.5 Å². The number of halogens is 2. The van der Waals surface area contributed by atoms with Crippen molar-refractivity contribution in [1.82, 2.24) is 0 Å². The maximum atomic E-state index is 13.1. The SMILES string of the molecule is NC(c1ccccc1C(=O)O)C(F)(F)CO. The quantitative estimate of drug-likeness (QED) is 0.722. The number of aromatic carboxylic acids is 1. The number of aliphatic hydroxyl groups excluding tert-OH is 1. The number of hydrogen-bond donors (Lipinski definition) is 3. The van der Waals surface area contributed by atoms with E-state index in [-0.39, 0.29) is 11.1 Å². The van der Waals surface area contributed by atoms with Crippen LogP contribution in [0.1, 0.15) is 22.0 Å². The van der Waals surface area contributed by atoms with Gasteiger partial charge in [0.05, 0.1) is 11.6 Å². The molecule has 0 aliphatic rings. The summed E-state index contributed by atoms with van der Waals surface area (Å²) in [5.74, 6) is -4.88. The van der Waals surface area contributed by atoms with E-state index in [1.54, 1.807) is 0 Å². The van der Waals surface area contributed by atoms with Crippen LogP contribution in [0.2, 0.25) is 0 Å². The Labute approximate surface area is 90.3 Å². The van der Waals surface area contributed by atoms with Gasteiger partial charge in [-0.25, -0.2) is 13.6 Å². The Morgan fingerprint density at radius 1 is 1.44 bits per heavy atom. The summed E-state index contributed by atoms with van der Waals surface area (Å²) in [4.78, 5) is 10.8. The van der Waals surface area contributed by atoms with Crippen molar-refractivity contribution in [3.63, 3.8) is 0 Å². The molecule has 4 nitrogen and oxygen atoms in total. The fourth-order valence-corrected chi connectivity index (χ4v) is 1.29. The average molecular weight is 231 g/mol. The molecule has 0 amide bonds. The van der Waals surface area contributed by atoms with Gasteiger partial charge >= 0.3 is 5.97 Å². The molecule has 6 heteroatoms. The minimum atomic E-state index is -3.55. The van der Waals surface area contributed by atoms with E-state index in [1.165, 1.54) is 24.3 Å². The number of rotatable bonds is 4. The summed E-state index contributed by atoms with van der Waals surface area (Å²) in [5.41, 5.74) is 4.76. The smallest absolute Gasteiger partial charge is 0.336 e. The number of carboxylic acids is 1. The number of alkyl halides is 2. The minimum Gasteiger partial charge on any atom is -0.478 e. The van der Waals surface area contributed by atoms with Gasteiger partial charge in [-0.05, 0) is 11.6 Å². The zero-order valence-electron chi connectivity index (χ0n) is 8.23. The third-order valence-electron chi connectivity index (χ3n) is 2.19. The van der Waals surface area contributed by atoms with Crippen molar-refractivity contribution in [2.24, 2.45) is 5.73 Å². The molecule has 1 rings (SSSR count). The van der Waals surface area contributed by atoms with Gasteiger partial charge in [0, 0.05) is 0 Å². The van der Waals surface area contributed by atoms with Crippen LogP contribution in [0.3, 0.4) is 0 Å². The zero-order valence-corrected chi connectivity index (χ0v) is 8.23. The average Bonchev–Trinajstić information content (AvgIpc) is 2.28. The molecule has 0 heterocycles. The highest BCUT2D eigenvalue weighted by molar-refractivity contribution is 5.89. The molecule has 1 unspecified atom stereocenters. The fraction of sp³-hybridized carbons (Fsp3) is 0.300. The van der Waals surface area contributed by atoms with Crippen molar-refractivity contribution in [2.75, 3.05) is 6.61 Å². The van der Waals surface area contributed by atoms with Crippen LogP contribution >= 0.6 is 0 Å². The number of carbonyl (C=O) groups is 1. The molecule has 0 bridgehead atoms. The molecule has 4 N–H and O–H groups in total. The normalized spacial score (nSPS) is 13.5. The standard InChI is InChI=1S/C10H11F2NO3/c11-10(12,5-14)8(13)6-3-1-2-4-7(6)9(15)16/h1-4,8,14H,5,13H2,(H,15,16). The predicted octanol–water partition coefficient (Wildman–Crippen LogP) is 1.01. The summed E-state index contributed by atoms with van der Waals surface area (Å²) in [5, 5.41) is 17.3. The molecule has 1 atom stereocenters.